The molecule has 0 spiro atoms. The third-order valence-electron chi connectivity index (χ3n) is 3.11. The van der Waals surface area contributed by atoms with Crippen molar-refractivity contribution in [1.29, 1.82) is 0 Å². The molecule has 0 aliphatic rings. The van der Waals surface area contributed by atoms with Crippen molar-refractivity contribution < 1.29 is 9.53 Å². The predicted molar refractivity (Wildman–Crippen MR) is 104 cm³/mol. The molecule has 0 bridgehead atoms. The van der Waals surface area contributed by atoms with Crippen molar-refractivity contribution in [3.8, 4) is 0 Å². The van der Waals surface area contributed by atoms with E-state index in [-0.39, 0.29) is 24.0 Å². The number of hydrogen-bond donors (Lipinski definition) is 3. The molecule has 0 aliphatic carbocycles. The number of carbonyl (C=O) groups excluding carboxylic acids is 1. The van der Waals surface area contributed by atoms with E-state index in [0.717, 1.165) is 44.1 Å². The number of rotatable bonds is 9. The van der Waals surface area contributed by atoms with Gasteiger partial charge in [0.2, 0.25) is 5.91 Å². The third kappa shape index (κ3) is 9.39. The maximum atomic E-state index is 11.2. The number of primary amides is 1. The average Bonchev–Trinajstić information content (AvgIpc) is 2.53. The fourth-order valence-electron chi connectivity index (χ4n) is 1.92. The molecule has 0 fully saturated rings. The topological polar surface area (TPSA) is 88.7 Å². The Hall–Kier alpha value is -1.35. The first-order valence-electron chi connectivity index (χ1n) is 7.58. The Morgan fingerprint density at radius 2 is 2.09 bits per heavy atom. The second-order valence-corrected chi connectivity index (χ2v) is 4.82. The minimum absolute atomic E-state index is 0. The maximum Gasteiger partial charge on any atom is 0.248 e. The number of hydrogen-bond acceptors (Lipinski definition) is 3. The number of nitrogens with two attached hydrogens (primary N) is 1. The number of carbonyl (C=O) groups is 1. The highest BCUT2D eigenvalue weighted by atomic mass is 127. The number of aliphatic imine (C=N–C) groups is 1. The summed E-state index contributed by atoms with van der Waals surface area (Å²) in [6.45, 7) is 4.98. The first-order chi connectivity index (χ1) is 10.7. The van der Waals surface area contributed by atoms with Crippen LogP contribution in [0.4, 0.5) is 0 Å². The standard InChI is InChI=1S/C16H26N4O2.HI/c1-3-22-10-5-4-9-19-16(18-2)20-12-13-7-6-8-14(11-13)15(17)21;/h6-8,11H,3-5,9-10,12H2,1-2H3,(H2,17,21)(H2,18,19,20);1H. The minimum Gasteiger partial charge on any atom is -0.382 e. The van der Waals surface area contributed by atoms with Gasteiger partial charge in [-0.15, -0.1) is 24.0 Å². The lowest BCUT2D eigenvalue weighted by Gasteiger charge is -2.12. The molecule has 1 amide bonds. The highest BCUT2D eigenvalue weighted by Crippen LogP contribution is 2.04. The van der Waals surface area contributed by atoms with Crippen molar-refractivity contribution in [3.05, 3.63) is 35.4 Å². The molecule has 7 heteroatoms. The van der Waals surface area contributed by atoms with Crippen molar-refractivity contribution in [3.63, 3.8) is 0 Å². The van der Waals surface area contributed by atoms with Crippen LogP contribution in [0, 0.1) is 0 Å². The number of nitrogens with one attached hydrogen (secondary N) is 2. The zero-order chi connectivity index (χ0) is 16.2. The van der Waals surface area contributed by atoms with Crippen LogP contribution >= 0.6 is 24.0 Å². The van der Waals surface area contributed by atoms with E-state index in [4.69, 9.17) is 10.5 Å². The van der Waals surface area contributed by atoms with E-state index in [0.29, 0.717) is 12.1 Å². The predicted octanol–water partition coefficient (Wildman–Crippen LogP) is 1.89. The van der Waals surface area contributed by atoms with Crippen molar-refractivity contribution in [2.75, 3.05) is 26.8 Å². The molecule has 0 saturated heterocycles. The normalized spacial score (nSPS) is 10.8. The third-order valence-corrected chi connectivity index (χ3v) is 3.11. The van der Waals surface area contributed by atoms with E-state index in [2.05, 4.69) is 15.6 Å². The van der Waals surface area contributed by atoms with Gasteiger partial charge in [0.1, 0.15) is 0 Å². The Bertz CT molecular complexity index is 495. The summed E-state index contributed by atoms with van der Waals surface area (Å²) < 4.78 is 5.29. The monoisotopic (exact) mass is 434 g/mol. The quantitative estimate of drug-likeness (QED) is 0.240. The van der Waals surface area contributed by atoms with Crippen molar-refractivity contribution >= 4 is 35.8 Å². The SMILES string of the molecule is CCOCCCCNC(=NC)NCc1cccc(C(N)=O)c1.I. The molecule has 1 aromatic carbocycles. The van der Waals surface area contributed by atoms with Crippen molar-refractivity contribution in [1.82, 2.24) is 10.6 Å². The molecular weight excluding hydrogens is 407 g/mol. The lowest BCUT2D eigenvalue weighted by atomic mass is 10.1. The van der Waals surface area contributed by atoms with Crippen LogP contribution in [-0.4, -0.2) is 38.7 Å². The number of ether oxygens (including phenoxy) is 1. The van der Waals surface area contributed by atoms with Crippen LogP contribution in [0.2, 0.25) is 0 Å². The fraction of sp³-hybridized carbons (Fsp3) is 0.500. The molecule has 6 nitrogen and oxygen atoms in total. The number of guanidine groups is 1. The smallest absolute Gasteiger partial charge is 0.248 e. The van der Waals surface area contributed by atoms with Crippen LogP contribution < -0.4 is 16.4 Å². The van der Waals surface area contributed by atoms with Gasteiger partial charge in [0, 0.05) is 38.9 Å². The fourth-order valence-corrected chi connectivity index (χ4v) is 1.92. The lowest BCUT2D eigenvalue weighted by molar-refractivity contribution is 0.1000. The van der Waals surface area contributed by atoms with Gasteiger partial charge in [0.15, 0.2) is 5.96 Å². The maximum absolute atomic E-state index is 11.2. The number of unbranched alkanes of at least 4 members (excludes halogenated alkanes) is 1. The molecule has 0 heterocycles. The lowest BCUT2D eigenvalue weighted by Crippen LogP contribution is -2.37. The zero-order valence-electron chi connectivity index (χ0n) is 13.8. The van der Waals surface area contributed by atoms with E-state index in [1.807, 2.05) is 19.1 Å². The van der Waals surface area contributed by atoms with Crippen molar-refractivity contribution in [2.24, 2.45) is 10.7 Å². The first-order valence-corrected chi connectivity index (χ1v) is 7.58. The van der Waals surface area contributed by atoms with Gasteiger partial charge in [-0.2, -0.15) is 0 Å². The summed E-state index contributed by atoms with van der Waals surface area (Å²) in [7, 11) is 1.73. The molecule has 1 aromatic rings. The van der Waals surface area contributed by atoms with Crippen LogP contribution in [0.25, 0.3) is 0 Å². The Morgan fingerprint density at radius 1 is 1.30 bits per heavy atom. The first kappa shape index (κ1) is 21.6. The second-order valence-electron chi connectivity index (χ2n) is 4.82. The van der Waals surface area contributed by atoms with E-state index in [1.165, 1.54) is 0 Å². The van der Waals surface area contributed by atoms with Crippen LogP contribution in [-0.2, 0) is 11.3 Å². The summed E-state index contributed by atoms with van der Waals surface area (Å²) in [5, 5.41) is 6.46. The molecule has 0 unspecified atom stereocenters. The highest BCUT2D eigenvalue weighted by molar-refractivity contribution is 14.0. The molecule has 23 heavy (non-hydrogen) atoms. The van der Waals surface area contributed by atoms with Crippen molar-refractivity contribution in [2.45, 2.75) is 26.3 Å². The molecule has 130 valence electrons. The Kier molecular flexibility index (Phi) is 12.4. The van der Waals surface area contributed by atoms with Gasteiger partial charge in [-0.25, -0.2) is 0 Å². The van der Waals surface area contributed by atoms with Gasteiger partial charge in [-0.1, -0.05) is 12.1 Å². The van der Waals surface area contributed by atoms with Crippen LogP contribution in [0.3, 0.4) is 0 Å². The molecule has 4 N–H and O–H groups in total. The van der Waals surface area contributed by atoms with E-state index in [1.54, 1.807) is 19.2 Å². The van der Waals surface area contributed by atoms with E-state index in [9.17, 15) is 4.79 Å². The summed E-state index contributed by atoms with van der Waals surface area (Å²) in [6.07, 6.45) is 2.05. The van der Waals surface area contributed by atoms with Crippen LogP contribution in [0.5, 0.6) is 0 Å². The summed E-state index contributed by atoms with van der Waals surface area (Å²) in [6, 6.07) is 7.25. The molecular formula is C16H27IN4O2. The minimum atomic E-state index is -0.418. The van der Waals surface area contributed by atoms with E-state index >= 15 is 0 Å². The summed E-state index contributed by atoms with van der Waals surface area (Å²) in [5.41, 5.74) is 6.77. The van der Waals surface area contributed by atoms with Crippen LogP contribution in [0.1, 0.15) is 35.7 Å². The summed E-state index contributed by atoms with van der Waals surface area (Å²) in [5.74, 6) is 0.319. The van der Waals surface area contributed by atoms with Gasteiger partial charge in [-0.3, -0.25) is 9.79 Å². The largest absolute Gasteiger partial charge is 0.382 e. The van der Waals surface area contributed by atoms with E-state index < -0.39 is 5.91 Å². The Morgan fingerprint density at radius 3 is 2.74 bits per heavy atom. The second kappa shape index (κ2) is 13.1. The Labute approximate surface area is 155 Å². The van der Waals surface area contributed by atoms with Crippen LogP contribution in [0.15, 0.2) is 29.3 Å². The van der Waals surface area contributed by atoms with Gasteiger partial charge in [-0.05, 0) is 37.5 Å². The molecule has 0 saturated carbocycles. The van der Waals surface area contributed by atoms with Gasteiger partial charge < -0.3 is 21.1 Å². The molecule has 1 rings (SSSR count). The average molecular weight is 434 g/mol. The highest BCUT2D eigenvalue weighted by Gasteiger charge is 2.02. The molecule has 0 atom stereocenters. The molecule has 0 radical (unpaired) electrons. The summed E-state index contributed by atoms with van der Waals surface area (Å²) in [4.78, 5) is 15.3. The van der Waals surface area contributed by atoms with Gasteiger partial charge in [0.05, 0.1) is 0 Å². The molecule has 0 aromatic heterocycles. The Balaban J connectivity index is 0.00000484. The number of amides is 1. The number of nitrogens with zero attached hydrogens (tertiary/aromatic N) is 1. The number of benzene rings is 1. The summed E-state index contributed by atoms with van der Waals surface area (Å²) >= 11 is 0. The zero-order valence-corrected chi connectivity index (χ0v) is 16.1. The van der Waals surface area contributed by atoms with Gasteiger partial charge >= 0.3 is 0 Å². The van der Waals surface area contributed by atoms with Gasteiger partial charge in [0.25, 0.3) is 0 Å². The number of halogens is 1. The molecule has 0 aliphatic heterocycles.